The molecule has 3 aromatic rings. The number of hydrogen-bond donors (Lipinski definition) is 1. The fourth-order valence-electron chi connectivity index (χ4n) is 3.32. The normalized spacial score (nSPS) is 15.0. The molecule has 1 unspecified atom stereocenters. The van der Waals surface area contributed by atoms with Crippen molar-refractivity contribution in [3.63, 3.8) is 0 Å². The van der Waals surface area contributed by atoms with Gasteiger partial charge >= 0.3 is 0 Å². The van der Waals surface area contributed by atoms with E-state index in [0.29, 0.717) is 12.6 Å². The molecule has 0 saturated heterocycles. The molecule has 1 aliphatic rings. The van der Waals surface area contributed by atoms with Crippen LogP contribution in [0.3, 0.4) is 0 Å². The number of benzene rings is 3. The minimum Gasteiger partial charge on any atom is -0.278 e. The Morgan fingerprint density at radius 3 is 2.25 bits per heavy atom. The highest BCUT2D eigenvalue weighted by Crippen LogP contribution is 2.23. The van der Waals surface area contributed by atoms with E-state index in [2.05, 4.69) is 84.9 Å². The zero-order valence-electron chi connectivity index (χ0n) is 16.4. The highest BCUT2D eigenvalue weighted by molar-refractivity contribution is 6.01. The van der Waals surface area contributed by atoms with Crippen LogP contribution in [0.5, 0.6) is 0 Å². The van der Waals surface area contributed by atoms with Gasteiger partial charge in [0.25, 0.3) is 0 Å². The van der Waals surface area contributed by atoms with Crippen molar-refractivity contribution in [1.82, 2.24) is 5.43 Å². The van der Waals surface area contributed by atoms with E-state index in [1.54, 1.807) is 0 Å². The SMILES string of the molecule is CCC(C)c1cccc(C2=NN(c3ccccc3)CN(c3ccccc3)N2)c1. The molecule has 1 atom stereocenters. The van der Waals surface area contributed by atoms with Crippen molar-refractivity contribution in [2.75, 3.05) is 16.7 Å². The Hall–Kier alpha value is -3.27. The van der Waals surface area contributed by atoms with Gasteiger partial charge in [-0.25, -0.2) is 5.01 Å². The lowest BCUT2D eigenvalue weighted by Crippen LogP contribution is -2.53. The van der Waals surface area contributed by atoms with Crippen molar-refractivity contribution in [3.05, 3.63) is 96.1 Å². The van der Waals surface area contributed by atoms with E-state index in [-0.39, 0.29) is 0 Å². The van der Waals surface area contributed by atoms with Crippen LogP contribution in [0.2, 0.25) is 0 Å². The van der Waals surface area contributed by atoms with Gasteiger partial charge in [0.2, 0.25) is 0 Å². The lowest BCUT2D eigenvalue weighted by atomic mass is 9.97. The minimum absolute atomic E-state index is 0.527. The molecule has 0 fully saturated rings. The minimum atomic E-state index is 0.527. The van der Waals surface area contributed by atoms with Crippen LogP contribution in [0.4, 0.5) is 11.4 Å². The molecule has 142 valence electrons. The van der Waals surface area contributed by atoms with Crippen LogP contribution in [0.15, 0.2) is 90.0 Å². The highest BCUT2D eigenvalue weighted by atomic mass is 15.7. The summed E-state index contributed by atoms with van der Waals surface area (Å²) < 4.78 is 0. The smallest absolute Gasteiger partial charge is 0.172 e. The number of rotatable bonds is 5. The molecule has 1 N–H and O–H groups in total. The molecule has 0 bridgehead atoms. The fraction of sp³-hybridized carbons (Fsp3) is 0.208. The first kappa shape index (κ1) is 18.1. The molecule has 1 heterocycles. The Labute approximate surface area is 167 Å². The molecule has 0 spiro atoms. The quantitative estimate of drug-likeness (QED) is 0.657. The summed E-state index contributed by atoms with van der Waals surface area (Å²) >= 11 is 0. The number of anilines is 2. The first-order valence-electron chi connectivity index (χ1n) is 9.85. The second-order valence-corrected chi connectivity index (χ2v) is 7.14. The summed E-state index contributed by atoms with van der Waals surface area (Å²) in [7, 11) is 0. The number of hydrogen-bond acceptors (Lipinski definition) is 4. The van der Waals surface area contributed by atoms with Crippen molar-refractivity contribution >= 4 is 17.2 Å². The number of hydrazone groups is 1. The van der Waals surface area contributed by atoms with E-state index in [1.165, 1.54) is 5.56 Å². The summed E-state index contributed by atoms with van der Waals surface area (Å²) in [6.07, 6.45) is 1.12. The van der Waals surface area contributed by atoms with E-state index in [1.807, 2.05) is 29.3 Å². The molecule has 4 heteroatoms. The van der Waals surface area contributed by atoms with Gasteiger partial charge in [0, 0.05) is 5.56 Å². The molecular formula is C24H26N4. The van der Waals surface area contributed by atoms with Gasteiger partial charge in [0.1, 0.15) is 6.67 Å². The topological polar surface area (TPSA) is 30.9 Å². The van der Waals surface area contributed by atoms with Gasteiger partial charge in [-0.15, -0.1) is 0 Å². The Kier molecular flexibility index (Phi) is 5.29. The van der Waals surface area contributed by atoms with Gasteiger partial charge in [-0.3, -0.25) is 10.4 Å². The molecule has 0 aromatic heterocycles. The summed E-state index contributed by atoms with van der Waals surface area (Å²) in [5.41, 5.74) is 8.12. The zero-order chi connectivity index (χ0) is 19.3. The van der Waals surface area contributed by atoms with Crippen LogP contribution in [0, 0.1) is 0 Å². The van der Waals surface area contributed by atoms with Gasteiger partial charge < -0.3 is 0 Å². The standard InChI is InChI=1S/C24H26N4/c1-3-19(2)20-11-10-12-21(17-20)24-25-27(22-13-6-4-7-14-22)18-28(26-24)23-15-8-5-9-16-23/h4-17,19H,3,18H2,1-2H3,(H,25,26). The number of amidine groups is 1. The second-order valence-electron chi connectivity index (χ2n) is 7.14. The zero-order valence-corrected chi connectivity index (χ0v) is 16.4. The first-order valence-corrected chi connectivity index (χ1v) is 9.85. The average molecular weight is 370 g/mol. The maximum Gasteiger partial charge on any atom is 0.172 e. The number of para-hydroxylation sites is 2. The maximum atomic E-state index is 4.92. The molecule has 3 aromatic carbocycles. The van der Waals surface area contributed by atoms with Crippen LogP contribution in [-0.2, 0) is 0 Å². The van der Waals surface area contributed by atoms with E-state index >= 15 is 0 Å². The third kappa shape index (κ3) is 3.86. The molecule has 4 nitrogen and oxygen atoms in total. The van der Waals surface area contributed by atoms with E-state index in [0.717, 1.165) is 29.2 Å². The van der Waals surface area contributed by atoms with Gasteiger partial charge in [-0.05, 0) is 48.2 Å². The van der Waals surface area contributed by atoms with Crippen LogP contribution >= 0.6 is 0 Å². The molecule has 1 aliphatic heterocycles. The molecule has 0 aliphatic carbocycles. The third-order valence-corrected chi connectivity index (χ3v) is 5.20. The van der Waals surface area contributed by atoms with Crippen molar-refractivity contribution in [1.29, 1.82) is 0 Å². The molecule has 0 radical (unpaired) electrons. The lowest BCUT2D eigenvalue weighted by molar-refractivity contribution is 0.678. The molecule has 0 amide bonds. The molecule has 28 heavy (non-hydrogen) atoms. The molecule has 4 rings (SSSR count). The number of hydrazine groups is 1. The Morgan fingerprint density at radius 2 is 1.57 bits per heavy atom. The lowest BCUT2D eigenvalue weighted by Gasteiger charge is -2.36. The summed E-state index contributed by atoms with van der Waals surface area (Å²) in [5, 5.41) is 9.09. The Bertz CT molecular complexity index is 937. The third-order valence-electron chi connectivity index (χ3n) is 5.20. The van der Waals surface area contributed by atoms with Gasteiger partial charge in [-0.2, -0.15) is 5.10 Å². The molecule has 0 saturated carbocycles. The van der Waals surface area contributed by atoms with E-state index in [9.17, 15) is 0 Å². The average Bonchev–Trinajstić information content (AvgIpc) is 2.79. The van der Waals surface area contributed by atoms with Gasteiger partial charge in [0.05, 0.1) is 11.4 Å². The fourth-order valence-corrected chi connectivity index (χ4v) is 3.32. The Balaban J connectivity index is 1.72. The van der Waals surface area contributed by atoms with Crippen molar-refractivity contribution < 1.29 is 0 Å². The number of nitrogens with one attached hydrogen (secondary N) is 1. The summed E-state index contributed by atoms with van der Waals surface area (Å²) in [6, 6.07) is 29.3. The summed E-state index contributed by atoms with van der Waals surface area (Å²) in [4.78, 5) is 0. The monoisotopic (exact) mass is 370 g/mol. The predicted octanol–water partition coefficient (Wildman–Crippen LogP) is 5.35. The highest BCUT2D eigenvalue weighted by Gasteiger charge is 2.21. The van der Waals surface area contributed by atoms with Crippen molar-refractivity contribution in [2.45, 2.75) is 26.2 Å². The first-order chi connectivity index (χ1) is 13.7. The van der Waals surface area contributed by atoms with Crippen LogP contribution in [-0.4, -0.2) is 12.5 Å². The van der Waals surface area contributed by atoms with E-state index in [4.69, 9.17) is 5.10 Å². The van der Waals surface area contributed by atoms with Gasteiger partial charge in [0.15, 0.2) is 5.84 Å². The van der Waals surface area contributed by atoms with Crippen LogP contribution in [0.1, 0.15) is 37.3 Å². The largest absolute Gasteiger partial charge is 0.278 e. The van der Waals surface area contributed by atoms with E-state index < -0.39 is 0 Å². The van der Waals surface area contributed by atoms with Crippen LogP contribution in [0.25, 0.3) is 0 Å². The second kappa shape index (κ2) is 8.17. The maximum absolute atomic E-state index is 4.92. The number of nitrogens with zero attached hydrogens (tertiary/aromatic N) is 3. The Morgan fingerprint density at radius 1 is 0.893 bits per heavy atom. The van der Waals surface area contributed by atoms with Crippen molar-refractivity contribution in [3.8, 4) is 0 Å². The molecular weight excluding hydrogens is 344 g/mol. The summed E-state index contributed by atoms with van der Waals surface area (Å²) in [6.45, 7) is 5.12. The van der Waals surface area contributed by atoms with Gasteiger partial charge in [-0.1, -0.05) is 68.4 Å². The van der Waals surface area contributed by atoms with Crippen molar-refractivity contribution in [2.24, 2.45) is 5.10 Å². The summed E-state index contributed by atoms with van der Waals surface area (Å²) in [5.74, 6) is 1.38. The predicted molar refractivity (Wildman–Crippen MR) is 118 cm³/mol. The van der Waals surface area contributed by atoms with Crippen LogP contribution < -0.4 is 15.4 Å².